The topological polar surface area (TPSA) is 49.3 Å². The number of aryl methyl sites for hydroxylation is 1. The summed E-state index contributed by atoms with van der Waals surface area (Å²) >= 11 is 5.88. The third kappa shape index (κ3) is 3.36. The van der Waals surface area contributed by atoms with E-state index in [1.165, 1.54) is 0 Å². The highest BCUT2D eigenvalue weighted by Gasteiger charge is 2.24. The molecule has 0 N–H and O–H groups in total. The zero-order chi connectivity index (χ0) is 15.5. The van der Waals surface area contributed by atoms with E-state index in [4.69, 9.17) is 11.6 Å². The highest BCUT2D eigenvalue weighted by molar-refractivity contribution is 6.30. The van der Waals surface area contributed by atoms with E-state index in [1.54, 1.807) is 12.4 Å². The van der Waals surface area contributed by atoms with Gasteiger partial charge in [0.05, 0.1) is 18.4 Å². The van der Waals surface area contributed by atoms with Crippen LogP contribution in [0.15, 0.2) is 36.7 Å². The SMILES string of the molecule is Cc1cncc(N2CCN(Cc3ccc(Cl)cc3)C(=O)C2)n1. The van der Waals surface area contributed by atoms with Gasteiger partial charge in [-0.15, -0.1) is 0 Å². The zero-order valence-electron chi connectivity index (χ0n) is 12.4. The van der Waals surface area contributed by atoms with E-state index < -0.39 is 0 Å². The first kappa shape index (κ1) is 14.8. The number of benzene rings is 1. The number of nitrogens with zero attached hydrogens (tertiary/aromatic N) is 4. The van der Waals surface area contributed by atoms with E-state index in [1.807, 2.05) is 41.0 Å². The van der Waals surface area contributed by atoms with Crippen molar-refractivity contribution < 1.29 is 4.79 Å². The molecule has 1 saturated heterocycles. The van der Waals surface area contributed by atoms with Crippen molar-refractivity contribution >= 4 is 23.3 Å². The van der Waals surface area contributed by atoms with Gasteiger partial charge in [-0.3, -0.25) is 9.78 Å². The van der Waals surface area contributed by atoms with Crippen LogP contribution in [0.4, 0.5) is 5.82 Å². The molecule has 1 aliphatic rings. The molecular formula is C16H17ClN4O. The molecular weight excluding hydrogens is 300 g/mol. The Balaban J connectivity index is 1.65. The minimum Gasteiger partial charge on any atom is -0.344 e. The maximum absolute atomic E-state index is 12.3. The Kier molecular flexibility index (Phi) is 4.24. The lowest BCUT2D eigenvalue weighted by atomic mass is 10.2. The van der Waals surface area contributed by atoms with Crippen LogP contribution in [-0.4, -0.2) is 40.4 Å². The fourth-order valence-electron chi connectivity index (χ4n) is 2.48. The number of amides is 1. The van der Waals surface area contributed by atoms with Crippen molar-refractivity contribution in [1.82, 2.24) is 14.9 Å². The van der Waals surface area contributed by atoms with E-state index in [0.29, 0.717) is 24.7 Å². The number of hydrogen-bond donors (Lipinski definition) is 0. The highest BCUT2D eigenvalue weighted by Crippen LogP contribution is 2.16. The number of carbonyl (C=O) groups is 1. The first-order valence-electron chi connectivity index (χ1n) is 7.17. The number of carbonyl (C=O) groups excluding carboxylic acids is 1. The molecule has 1 aromatic carbocycles. The van der Waals surface area contributed by atoms with Crippen LogP contribution in [0.5, 0.6) is 0 Å². The van der Waals surface area contributed by atoms with E-state index in [-0.39, 0.29) is 5.91 Å². The molecule has 6 heteroatoms. The number of rotatable bonds is 3. The average molecular weight is 317 g/mol. The monoisotopic (exact) mass is 316 g/mol. The first-order valence-corrected chi connectivity index (χ1v) is 7.55. The summed E-state index contributed by atoms with van der Waals surface area (Å²) in [4.78, 5) is 24.7. The highest BCUT2D eigenvalue weighted by atomic mass is 35.5. The van der Waals surface area contributed by atoms with Gasteiger partial charge in [0.2, 0.25) is 5.91 Å². The molecule has 0 saturated carbocycles. The standard InChI is InChI=1S/C16H17ClN4O/c1-12-8-18-9-15(19-12)20-6-7-21(16(22)11-20)10-13-2-4-14(17)5-3-13/h2-5,8-9H,6-7,10-11H2,1H3. The van der Waals surface area contributed by atoms with Crippen LogP contribution in [-0.2, 0) is 11.3 Å². The van der Waals surface area contributed by atoms with Crippen molar-refractivity contribution in [2.45, 2.75) is 13.5 Å². The minimum absolute atomic E-state index is 0.101. The van der Waals surface area contributed by atoms with Crippen LogP contribution in [0.1, 0.15) is 11.3 Å². The summed E-state index contributed by atoms with van der Waals surface area (Å²) in [7, 11) is 0. The number of piperazine rings is 1. The summed E-state index contributed by atoms with van der Waals surface area (Å²) in [5, 5.41) is 0.706. The van der Waals surface area contributed by atoms with Gasteiger partial charge >= 0.3 is 0 Å². The van der Waals surface area contributed by atoms with Crippen molar-refractivity contribution in [1.29, 1.82) is 0 Å². The van der Waals surface area contributed by atoms with E-state index >= 15 is 0 Å². The average Bonchev–Trinajstić information content (AvgIpc) is 2.51. The van der Waals surface area contributed by atoms with Gasteiger partial charge in [0, 0.05) is 30.9 Å². The van der Waals surface area contributed by atoms with Crippen molar-refractivity contribution in [2.24, 2.45) is 0 Å². The van der Waals surface area contributed by atoms with E-state index in [0.717, 1.165) is 23.6 Å². The lowest BCUT2D eigenvalue weighted by molar-refractivity contribution is -0.131. The van der Waals surface area contributed by atoms with Crippen LogP contribution in [0.3, 0.4) is 0 Å². The van der Waals surface area contributed by atoms with Gasteiger partial charge in [0.25, 0.3) is 0 Å². The Morgan fingerprint density at radius 3 is 2.64 bits per heavy atom. The molecule has 0 atom stereocenters. The van der Waals surface area contributed by atoms with Crippen molar-refractivity contribution in [2.75, 3.05) is 24.5 Å². The minimum atomic E-state index is 0.101. The molecule has 2 heterocycles. The predicted octanol–water partition coefficient (Wildman–Crippen LogP) is 2.29. The molecule has 3 rings (SSSR count). The number of hydrogen-bond acceptors (Lipinski definition) is 4. The quantitative estimate of drug-likeness (QED) is 0.872. The molecule has 22 heavy (non-hydrogen) atoms. The second-order valence-corrected chi connectivity index (χ2v) is 5.82. The van der Waals surface area contributed by atoms with Crippen molar-refractivity contribution in [3.05, 3.63) is 52.9 Å². The molecule has 1 aromatic heterocycles. The molecule has 1 amide bonds. The van der Waals surface area contributed by atoms with Crippen molar-refractivity contribution in [3.63, 3.8) is 0 Å². The second-order valence-electron chi connectivity index (χ2n) is 5.38. The summed E-state index contributed by atoms with van der Waals surface area (Å²) in [6.07, 6.45) is 3.41. The van der Waals surface area contributed by atoms with Crippen LogP contribution in [0.25, 0.3) is 0 Å². The Labute approximate surface area is 134 Å². The summed E-state index contributed by atoms with van der Waals surface area (Å²) in [6, 6.07) is 7.60. The molecule has 0 aliphatic carbocycles. The second kappa shape index (κ2) is 6.32. The fraction of sp³-hybridized carbons (Fsp3) is 0.312. The maximum atomic E-state index is 12.3. The molecule has 0 radical (unpaired) electrons. The normalized spacial score (nSPS) is 15.3. The summed E-state index contributed by atoms with van der Waals surface area (Å²) in [5.74, 6) is 0.865. The molecule has 0 bridgehead atoms. The van der Waals surface area contributed by atoms with Gasteiger partial charge in [-0.1, -0.05) is 23.7 Å². The van der Waals surface area contributed by atoms with Gasteiger partial charge in [-0.2, -0.15) is 0 Å². The third-order valence-electron chi connectivity index (χ3n) is 3.67. The predicted molar refractivity (Wildman–Crippen MR) is 85.9 cm³/mol. The fourth-order valence-corrected chi connectivity index (χ4v) is 2.61. The lowest BCUT2D eigenvalue weighted by Crippen LogP contribution is -2.50. The number of aromatic nitrogens is 2. The first-order chi connectivity index (χ1) is 10.6. The van der Waals surface area contributed by atoms with Gasteiger partial charge < -0.3 is 9.80 Å². The smallest absolute Gasteiger partial charge is 0.242 e. The molecule has 0 spiro atoms. The van der Waals surface area contributed by atoms with Crippen LogP contribution >= 0.6 is 11.6 Å². The Morgan fingerprint density at radius 1 is 1.18 bits per heavy atom. The summed E-state index contributed by atoms with van der Waals surface area (Å²) in [5.41, 5.74) is 1.94. The molecule has 1 fully saturated rings. The summed E-state index contributed by atoms with van der Waals surface area (Å²) < 4.78 is 0. The van der Waals surface area contributed by atoms with Gasteiger partial charge in [0.15, 0.2) is 0 Å². The van der Waals surface area contributed by atoms with E-state index in [2.05, 4.69) is 9.97 Å². The third-order valence-corrected chi connectivity index (χ3v) is 3.92. The van der Waals surface area contributed by atoms with Crippen LogP contribution < -0.4 is 4.90 Å². The molecule has 2 aromatic rings. The lowest BCUT2D eigenvalue weighted by Gasteiger charge is -2.35. The molecule has 1 aliphatic heterocycles. The molecule has 5 nitrogen and oxygen atoms in total. The largest absolute Gasteiger partial charge is 0.344 e. The van der Waals surface area contributed by atoms with Crippen LogP contribution in [0.2, 0.25) is 5.02 Å². The Bertz CT molecular complexity index is 674. The van der Waals surface area contributed by atoms with Crippen LogP contribution in [0, 0.1) is 6.92 Å². The Morgan fingerprint density at radius 2 is 1.95 bits per heavy atom. The number of anilines is 1. The Hall–Kier alpha value is -2.14. The van der Waals surface area contributed by atoms with Crippen molar-refractivity contribution in [3.8, 4) is 0 Å². The van der Waals surface area contributed by atoms with E-state index in [9.17, 15) is 4.79 Å². The zero-order valence-corrected chi connectivity index (χ0v) is 13.1. The van der Waals surface area contributed by atoms with Gasteiger partial charge in [0.1, 0.15) is 5.82 Å². The van der Waals surface area contributed by atoms with Gasteiger partial charge in [-0.05, 0) is 24.6 Å². The number of halogens is 1. The van der Waals surface area contributed by atoms with Gasteiger partial charge in [-0.25, -0.2) is 4.98 Å². The summed E-state index contributed by atoms with van der Waals surface area (Å²) in [6.45, 7) is 4.29. The molecule has 0 unspecified atom stereocenters. The maximum Gasteiger partial charge on any atom is 0.242 e. The molecule has 114 valence electrons.